The number of rotatable bonds is 11. The maximum Gasteiger partial charge on any atom is 0.407 e. The average Bonchev–Trinajstić information content (AvgIpc) is 3.14. The summed E-state index contributed by atoms with van der Waals surface area (Å²) >= 11 is 0. The molecule has 49 heavy (non-hydrogen) atoms. The number of carbonyl (C=O) groups is 4. The van der Waals surface area contributed by atoms with Crippen LogP contribution in [0, 0.1) is 0 Å². The zero-order chi connectivity index (χ0) is 34.8. The lowest BCUT2D eigenvalue weighted by Crippen LogP contribution is -2.56. The molecule has 11 heteroatoms. The summed E-state index contributed by atoms with van der Waals surface area (Å²) in [7, 11) is 1.24. The van der Waals surface area contributed by atoms with Crippen LogP contribution in [0.5, 0.6) is 0 Å². The van der Waals surface area contributed by atoms with E-state index in [4.69, 9.17) is 9.47 Å². The van der Waals surface area contributed by atoms with Crippen molar-refractivity contribution in [2.75, 3.05) is 32.1 Å². The summed E-state index contributed by atoms with van der Waals surface area (Å²) in [5, 5.41) is 18.7. The van der Waals surface area contributed by atoms with Gasteiger partial charge in [-0.15, -0.1) is 0 Å². The van der Waals surface area contributed by atoms with Gasteiger partial charge in [-0.3, -0.25) is 14.5 Å². The normalized spacial score (nSPS) is 17.0. The van der Waals surface area contributed by atoms with E-state index in [1.54, 1.807) is 36.4 Å². The van der Waals surface area contributed by atoms with E-state index >= 15 is 0 Å². The SMILES string of the molecule is COC(=O)N[C@H](C(=O)Nc1ccccc1C(C)[C@@H]1CN(C(=O)O)[C@H](CNC(=O)c2ccccc2)CO1)C(c1ccccc1)c1ccccc1. The summed E-state index contributed by atoms with van der Waals surface area (Å²) in [6, 6.07) is 33.2. The van der Waals surface area contributed by atoms with Crippen molar-refractivity contribution in [3.8, 4) is 0 Å². The second-order valence-electron chi connectivity index (χ2n) is 11.8. The number of anilines is 1. The van der Waals surface area contributed by atoms with Crippen molar-refractivity contribution in [1.82, 2.24) is 15.5 Å². The zero-order valence-corrected chi connectivity index (χ0v) is 27.3. The number of hydrogen-bond donors (Lipinski definition) is 4. The Morgan fingerprint density at radius 3 is 2.02 bits per heavy atom. The number of para-hydroxylation sites is 1. The standard InChI is InChI=1S/C38H40N4O7/c1-25(32-23-42(38(46)47)29(24-49-32)22-39-35(43)28-18-10-5-11-19-28)30-20-12-13-21-31(30)40-36(44)34(41-37(45)48-2)33(26-14-6-3-7-15-26)27-16-8-4-9-17-27/h3-21,25,29,32-34H,22-24H2,1-2H3,(H,39,43)(H,40,44)(H,41,45)(H,46,47)/t25?,29-,32+,34+/m1/s1. The van der Waals surface area contributed by atoms with Gasteiger partial charge in [0.1, 0.15) is 6.04 Å². The topological polar surface area (TPSA) is 146 Å². The molecule has 4 N–H and O–H groups in total. The van der Waals surface area contributed by atoms with Crippen molar-refractivity contribution in [2.24, 2.45) is 0 Å². The maximum atomic E-state index is 14.2. The summed E-state index contributed by atoms with van der Waals surface area (Å²) in [6.07, 6.45) is -2.41. The fourth-order valence-electron chi connectivity index (χ4n) is 6.13. The van der Waals surface area contributed by atoms with Gasteiger partial charge in [-0.05, 0) is 34.9 Å². The summed E-state index contributed by atoms with van der Waals surface area (Å²) in [4.78, 5) is 53.0. The fourth-order valence-corrected chi connectivity index (χ4v) is 6.13. The largest absolute Gasteiger partial charge is 0.465 e. The van der Waals surface area contributed by atoms with Crippen molar-refractivity contribution >= 4 is 29.7 Å². The van der Waals surface area contributed by atoms with Crippen LogP contribution in [0.25, 0.3) is 0 Å². The molecule has 0 radical (unpaired) electrons. The molecule has 4 amide bonds. The van der Waals surface area contributed by atoms with Crippen LogP contribution < -0.4 is 16.0 Å². The number of carbonyl (C=O) groups excluding carboxylic acids is 3. The summed E-state index contributed by atoms with van der Waals surface area (Å²) in [6.45, 7) is 2.13. The lowest BCUT2D eigenvalue weighted by Gasteiger charge is -2.40. The Bertz CT molecular complexity index is 1680. The third kappa shape index (κ3) is 8.62. The van der Waals surface area contributed by atoms with Crippen molar-refractivity contribution < 1.29 is 33.8 Å². The van der Waals surface area contributed by atoms with E-state index in [-0.39, 0.29) is 31.5 Å². The maximum absolute atomic E-state index is 14.2. The quantitative estimate of drug-likeness (QED) is 0.167. The Hall–Kier alpha value is -5.68. The smallest absolute Gasteiger partial charge is 0.407 e. The van der Waals surface area contributed by atoms with Gasteiger partial charge in [-0.2, -0.15) is 0 Å². The number of carboxylic acid groups (broad SMARTS) is 1. The van der Waals surface area contributed by atoms with E-state index in [2.05, 4.69) is 16.0 Å². The Balaban J connectivity index is 1.35. The van der Waals surface area contributed by atoms with Crippen LogP contribution in [-0.4, -0.2) is 79.0 Å². The molecule has 0 spiro atoms. The second-order valence-corrected chi connectivity index (χ2v) is 11.8. The van der Waals surface area contributed by atoms with Gasteiger partial charge in [0.2, 0.25) is 5.91 Å². The molecule has 1 aliphatic heterocycles. The first-order valence-corrected chi connectivity index (χ1v) is 16.0. The molecular formula is C38H40N4O7. The van der Waals surface area contributed by atoms with Gasteiger partial charge in [0, 0.05) is 29.6 Å². The molecule has 1 aliphatic rings. The summed E-state index contributed by atoms with van der Waals surface area (Å²) in [5.74, 6) is -1.65. The number of morpholine rings is 1. The highest BCUT2D eigenvalue weighted by atomic mass is 16.5. The van der Waals surface area contributed by atoms with Crippen LogP contribution in [-0.2, 0) is 14.3 Å². The van der Waals surface area contributed by atoms with Crippen LogP contribution >= 0.6 is 0 Å². The highest BCUT2D eigenvalue weighted by Gasteiger charge is 2.37. The van der Waals surface area contributed by atoms with E-state index in [0.717, 1.165) is 16.7 Å². The van der Waals surface area contributed by atoms with Gasteiger partial charge in [0.25, 0.3) is 5.91 Å². The van der Waals surface area contributed by atoms with E-state index < -0.39 is 42.2 Å². The first kappa shape index (κ1) is 34.6. The van der Waals surface area contributed by atoms with E-state index in [1.165, 1.54) is 12.0 Å². The number of benzene rings is 4. The van der Waals surface area contributed by atoms with Crippen molar-refractivity contribution in [3.63, 3.8) is 0 Å². The van der Waals surface area contributed by atoms with E-state index in [0.29, 0.717) is 11.3 Å². The molecule has 1 heterocycles. The molecule has 0 aliphatic carbocycles. The van der Waals surface area contributed by atoms with Crippen molar-refractivity contribution in [3.05, 3.63) is 138 Å². The molecule has 4 atom stereocenters. The Morgan fingerprint density at radius 1 is 0.857 bits per heavy atom. The molecule has 1 saturated heterocycles. The second kappa shape index (κ2) is 16.4. The minimum Gasteiger partial charge on any atom is -0.465 e. The van der Waals surface area contributed by atoms with Crippen molar-refractivity contribution in [1.29, 1.82) is 0 Å². The molecule has 1 fully saturated rings. The summed E-state index contributed by atoms with van der Waals surface area (Å²) < 4.78 is 11.1. The Labute approximate surface area is 285 Å². The van der Waals surface area contributed by atoms with Gasteiger partial charge in [-0.1, -0.05) is 104 Å². The fraction of sp³-hybridized carbons (Fsp3) is 0.263. The molecule has 4 aromatic carbocycles. The van der Waals surface area contributed by atoms with Crippen LogP contribution in [0.3, 0.4) is 0 Å². The van der Waals surface area contributed by atoms with E-state index in [9.17, 15) is 24.3 Å². The van der Waals surface area contributed by atoms with Crippen LogP contribution in [0.15, 0.2) is 115 Å². The van der Waals surface area contributed by atoms with Gasteiger partial charge in [0.15, 0.2) is 0 Å². The number of nitrogens with one attached hydrogen (secondary N) is 3. The molecule has 4 aromatic rings. The minimum atomic E-state index is -1.12. The number of amides is 4. The minimum absolute atomic E-state index is 0.0568. The number of ether oxygens (including phenoxy) is 2. The molecule has 254 valence electrons. The van der Waals surface area contributed by atoms with Crippen LogP contribution in [0.2, 0.25) is 0 Å². The highest BCUT2D eigenvalue weighted by molar-refractivity contribution is 5.98. The van der Waals surface area contributed by atoms with Crippen LogP contribution in [0.4, 0.5) is 15.3 Å². The first-order chi connectivity index (χ1) is 23.8. The zero-order valence-electron chi connectivity index (χ0n) is 27.3. The summed E-state index contributed by atoms with van der Waals surface area (Å²) in [5.41, 5.74) is 3.36. The number of alkyl carbamates (subject to hydrolysis) is 1. The highest BCUT2D eigenvalue weighted by Crippen LogP contribution is 2.33. The van der Waals surface area contributed by atoms with Crippen molar-refractivity contribution in [2.45, 2.75) is 36.9 Å². The number of hydrogen-bond acceptors (Lipinski definition) is 6. The Kier molecular flexibility index (Phi) is 11.6. The molecule has 11 nitrogen and oxygen atoms in total. The van der Waals surface area contributed by atoms with Crippen LogP contribution in [0.1, 0.15) is 45.8 Å². The average molecular weight is 665 g/mol. The van der Waals surface area contributed by atoms with Gasteiger partial charge < -0.3 is 30.5 Å². The van der Waals surface area contributed by atoms with Gasteiger partial charge >= 0.3 is 12.2 Å². The first-order valence-electron chi connectivity index (χ1n) is 16.0. The third-order valence-electron chi connectivity index (χ3n) is 8.76. The number of methoxy groups -OCH3 is 1. The Morgan fingerprint density at radius 2 is 1.43 bits per heavy atom. The molecule has 0 saturated carbocycles. The van der Waals surface area contributed by atoms with Gasteiger partial charge in [-0.25, -0.2) is 9.59 Å². The lowest BCUT2D eigenvalue weighted by molar-refractivity contribution is -0.118. The third-order valence-corrected chi connectivity index (χ3v) is 8.76. The lowest BCUT2D eigenvalue weighted by atomic mass is 9.84. The molecule has 0 aromatic heterocycles. The monoisotopic (exact) mass is 664 g/mol. The van der Waals surface area contributed by atoms with Gasteiger partial charge in [0.05, 0.1) is 32.4 Å². The molecule has 1 unspecified atom stereocenters. The predicted octanol–water partition coefficient (Wildman–Crippen LogP) is 5.46. The predicted molar refractivity (Wildman–Crippen MR) is 185 cm³/mol. The number of nitrogens with zero attached hydrogens (tertiary/aromatic N) is 1. The molecule has 5 rings (SSSR count). The molecular weight excluding hydrogens is 624 g/mol. The van der Waals surface area contributed by atoms with E-state index in [1.807, 2.05) is 85.8 Å². The molecule has 0 bridgehead atoms.